The molecule has 120 valence electrons. The third kappa shape index (κ3) is 2.97. The van der Waals surface area contributed by atoms with Crippen LogP contribution in [0.5, 0.6) is 5.75 Å². The normalized spacial score (nSPS) is 10.5. The van der Waals surface area contributed by atoms with Crippen LogP contribution < -0.4 is 4.90 Å². The van der Waals surface area contributed by atoms with Crippen LogP contribution in [0.4, 0.5) is 10.2 Å². The van der Waals surface area contributed by atoms with Gasteiger partial charge in [0.1, 0.15) is 17.4 Å². The van der Waals surface area contributed by atoms with E-state index in [0.29, 0.717) is 41.1 Å². The first-order chi connectivity index (χ1) is 11.6. The summed E-state index contributed by atoms with van der Waals surface area (Å²) in [6.07, 6.45) is 0.323. The molecule has 0 aliphatic heterocycles. The molecule has 2 aromatic carbocycles. The van der Waals surface area contributed by atoms with Crippen LogP contribution in [0.15, 0.2) is 42.5 Å². The first-order valence-corrected chi connectivity index (χ1v) is 7.44. The zero-order valence-electron chi connectivity index (χ0n) is 13.1. The molecule has 0 saturated carbocycles. The Morgan fingerprint density at radius 2 is 2.00 bits per heavy atom. The number of para-hydroxylation sites is 1. The maximum atomic E-state index is 13.7. The van der Waals surface area contributed by atoms with Crippen molar-refractivity contribution in [1.29, 1.82) is 5.26 Å². The number of halogens is 1. The van der Waals surface area contributed by atoms with Gasteiger partial charge in [0, 0.05) is 19.0 Å². The van der Waals surface area contributed by atoms with Crippen molar-refractivity contribution in [3.05, 3.63) is 48.3 Å². The SMILES string of the molecule is CN(CCC#N)c1nc(-c2ccccc2O)nc2ccc(F)cc12. The second-order valence-corrected chi connectivity index (χ2v) is 5.38. The van der Waals surface area contributed by atoms with Crippen LogP contribution in [0.1, 0.15) is 6.42 Å². The smallest absolute Gasteiger partial charge is 0.165 e. The van der Waals surface area contributed by atoms with Gasteiger partial charge < -0.3 is 10.0 Å². The van der Waals surface area contributed by atoms with E-state index in [9.17, 15) is 9.50 Å². The Kier molecular flexibility index (Phi) is 4.25. The number of nitriles is 1. The summed E-state index contributed by atoms with van der Waals surface area (Å²) in [7, 11) is 1.79. The summed E-state index contributed by atoms with van der Waals surface area (Å²) in [6, 6.07) is 13.2. The fourth-order valence-corrected chi connectivity index (χ4v) is 2.48. The Morgan fingerprint density at radius 3 is 2.75 bits per heavy atom. The molecule has 3 rings (SSSR count). The third-order valence-corrected chi connectivity index (χ3v) is 3.70. The number of nitrogens with zero attached hydrogens (tertiary/aromatic N) is 4. The van der Waals surface area contributed by atoms with Gasteiger partial charge in [-0.2, -0.15) is 5.26 Å². The summed E-state index contributed by atoms with van der Waals surface area (Å²) >= 11 is 0. The Morgan fingerprint density at radius 1 is 1.21 bits per heavy atom. The molecule has 1 aromatic heterocycles. The lowest BCUT2D eigenvalue weighted by Gasteiger charge is -2.19. The topological polar surface area (TPSA) is 73.0 Å². The van der Waals surface area contributed by atoms with E-state index in [1.165, 1.54) is 12.1 Å². The van der Waals surface area contributed by atoms with Crippen molar-refractivity contribution in [3.8, 4) is 23.2 Å². The van der Waals surface area contributed by atoms with Gasteiger partial charge in [0.15, 0.2) is 5.82 Å². The van der Waals surface area contributed by atoms with Gasteiger partial charge >= 0.3 is 0 Å². The van der Waals surface area contributed by atoms with E-state index in [0.717, 1.165) is 0 Å². The van der Waals surface area contributed by atoms with Crippen molar-refractivity contribution in [2.24, 2.45) is 0 Å². The van der Waals surface area contributed by atoms with Crippen LogP contribution in [-0.2, 0) is 0 Å². The van der Waals surface area contributed by atoms with E-state index in [1.807, 2.05) is 0 Å². The molecule has 0 amide bonds. The molecule has 0 saturated heterocycles. The van der Waals surface area contributed by atoms with Crippen molar-refractivity contribution in [3.63, 3.8) is 0 Å². The minimum Gasteiger partial charge on any atom is -0.507 e. The van der Waals surface area contributed by atoms with Crippen LogP contribution in [0.3, 0.4) is 0 Å². The van der Waals surface area contributed by atoms with Gasteiger partial charge in [-0.15, -0.1) is 0 Å². The second kappa shape index (κ2) is 6.50. The first-order valence-electron chi connectivity index (χ1n) is 7.44. The van der Waals surface area contributed by atoms with E-state index >= 15 is 0 Å². The van der Waals surface area contributed by atoms with Gasteiger partial charge in [-0.05, 0) is 30.3 Å². The van der Waals surface area contributed by atoms with E-state index in [4.69, 9.17) is 5.26 Å². The quantitative estimate of drug-likeness (QED) is 0.796. The summed E-state index contributed by atoms with van der Waals surface area (Å²) in [4.78, 5) is 10.7. The van der Waals surface area contributed by atoms with Gasteiger partial charge in [-0.3, -0.25) is 0 Å². The lowest BCUT2D eigenvalue weighted by molar-refractivity contribution is 0.477. The van der Waals surface area contributed by atoms with Crippen LogP contribution in [0.2, 0.25) is 0 Å². The van der Waals surface area contributed by atoms with E-state index in [1.54, 1.807) is 42.3 Å². The number of hydrogen-bond acceptors (Lipinski definition) is 5. The van der Waals surface area contributed by atoms with Gasteiger partial charge in [-0.1, -0.05) is 12.1 Å². The maximum Gasteiger partial charge on any atom is 0.165 e. The number of fused-ring (bicyclic) bond motifs is 1. The Bertz CT molecular complexity index is 936. The number of anilines is 1. The zero-order chi connectivity index (χ0) is 17.1. The number of aromatic hydroxyl groups is 1. The van der Waals surface area contributed by atoms with Crippen molar-refractivity contribution in [2.75, 3.05) is 18.5 Å². The van der Waals surface area contributed by atoms with Crippen LogP contribution in [0.25, 0.3) is 22.3 Å². The predicted molar refractivity (Wildman–Crippen MR) is 90.1 cm³/mol. The second-order valence-electron chi connectivity index (χ2n) is 5.38. The molecular formula is C18H15FN4O. The number of rotatable bonds is 4. The molecule has 0 spiro atoms. The van der Waals surface area contributed by atoms with E-state index < -0.39 is 0 Å². The molecule has 0 fully saturated rings. The highest BCUT2D eigenvalue weighted by molar-refractivity contribution is 5.91. The minimum absolute atomic E-state index is 0.0737. The van der Waals surface area contributed by atoms with Gasteiger partial charge in [0.25, 0.3) is 0 Å². The molecule has 3 aromatic rings. The molecule has 0 radical (unpaired) electrons. The first kappa shape index (κ1) is 15.7. The number of phenolic OH excluding ortho intramolecular Hbond substituents is 1. The Balaban J connectivity index is 2.21. The van der Waals surface area contributed by atoms with Crippen LogP contribution >= 0.6 is 0 Å². The highest BCUT2D eigenvalue weighted by Gasteiger charge is 2.15. The molecule has 0 bridgehead atoms. The third-order valence-electron chi connectivity index (χ3n) is 3.70. The fraction of sp³-hybridized carbons (Fsp3) is 0.167. The van der Waals surface area contributed by atoms with Gasteiger partial charge in [-0.25, -0.2) is 14.4 Å². The van der Waals surface area contributed by atoms with Crippen molar-refractivity contribution < 1.29 is 9.50 Å². The molecule has 6 heteroatoms. The number of hydrogen-bond donors (Lipinski definition) is 1. The summed E-state index contributed by atoms with van der Waals surface area (Å²) in [5, 5.41) is 19.4. The Labute approximate surface area is 138 Å². The predicted octanol–water partition coefficient (Wildman–Crippen LogP) is 3.49. The summed E-state index contributed by atoms with van der Waals surface area (Å²) in [6.45, 7) is 0.458. The van der Waals surface area contributed by atoms with Gasteiger partial charge in [0.2, 0.25) is 0 Å². The summed E-state index contributed by atoms with van der Waals surface area (Å²) in [5.41, 5.74) is 1.07. The number of phenols is 1. The lowest BCUT2D eigenvalue weighted by Crippen LogP contribution is -2.20. The van der Waals surface area contributed by atoms with Crippen molar-refractivity contribution in [2.45, 2.75) is 6.42 Å². The average molecular weight is 322 g/mol. The minimum atomic E-state index is -0.378. The number of aromatic nitrogens is 2. The van der Waals surface area contributed by atoms with Crippen LogP contribution in [-0.4, -0.2) is 28.7 Å². The monoisotopic (exact) mass is 322 g/mol. The maximum absolute atomic E-state index is 13.7. The summed E-state index contributed by atoms with van der Waals surface area (Å²) < 4.78 is 13.7. The molecule has 1 N–H and O–H groups in total. The standard InChI is InChI=1S/C18H15FN4O/c1-23(10-4-9-20)18-14-11-12(19)7-8-15(14)21-17(22-18)13-5-2-3-6-16(13)24/h2-3,5-8,11,24H,4,10H2,1H3. The molecule has 0 aliphatic carbocycles. The van der Waals surface area contributed by atoms with E-state index in [-0.39, 0.29) is 11.6 Å². The lowest BCUT2D eigenvalue weighted by atomic mass is 10.1. The highest BCUT2D eigenvalue weighted by Crippen LogP contribution is 2.31. The van der Waals surface area contributed by atoms with Crippen LogP contribution in [0, 0.1) is 17.1 Å². The molecule has 1 heterocycles. The highest BCUT2D eigenvalue weighted by atomic mass is 19.1. The zero-order valence-corrected chi connectivity index (χ0v) is 13.1. The molecule has 0 unspecified atom stereocenters. The largest absolute Gasteiger partial charge is 0.507 e. The van der Waals surface area contributed by atoms with Crippen molar-refractivity contribution >= 4 is 16.7 Å². The molecule has 0 atom stereocenters. The molecule has 5 nitrogen and oxygen atoms in total. The molecule has 24 heavy (non-hydrogen) atoms. The van der Waals surface area contributed by atoms with Gasteiger partial charge in [0.05, 0.1) is 23.6 Å². The Hall–Kier alpha value is -3.20. The van der Waals surface area contributed by atoms with Crippen molar-refractivity contribution in [1.82, 2.24) is 9.97 Å². The average Bonchev–Trinajstić information content (AvgIpc) is 2.59. The summed E-state index contributed by atoms with van der Waals surface area (Å²) in [5.74, 6) is 0.569. The number of benzene rings is 2. The fourth-order valence-electron chi connectivity index (χ4n) is 2.48. The van der Waals surface area contributed by atoms with E-state index in [2.05, 4.69) is 16.0 Å². The molecule has 0 aliphatic rings. The molecular weight excluding hydrogens is 307 g/mol.